The van der Waals surface area contributed by atoms with E-state index < -0.39 is 29.2 Å². The first-order valence-corrected chi connectivity index (χ1v) is 7.45. The number of halogens is 1. The third-order valence-corrected chi connectivity index (χ3v) is 3.93. The van der Waals surface area contributed by atoms with Crippen LogP contribution in [0.15, 0.2) is 42.5 Å². The molecule has 8 nitrogen and oxygen atoms in total. The number of hydrogen-bond acceptors (Lipinski definition) is 5. The molecule has 0 saturated carbocycles. The van der Waals surface area contributed by atoms with E-state index in [0.29, 0.717) is 0 Å². The fourth-order valence-electron chi connectivity index (χ4n) is 2.46. The number of carbonyl (C=O) groups excluding carboxylic acids is 3. The summed E-state index contributed by atoms with van der Waals surface area (Å²) in [5.41, 5.74) is 0.253. The van der Waals surface area contributed by atoms with E-state index in [-0.39, 0.29) is 27.5 Å². The number of benzene rings is 2. The van der Waals surface area contributed by atoms with Gasteiger partial charge in [0.2, 0.25) is 5.91 Å². The van der Waals surface area contributed by atoms with Crippen LogP contribution in [0.1, 0.15) is 20.7 Å². The molecular weight excluding hydrogens is 350 g/mol. The van der Waals surface area contributed by atoms with Crippen molar-refractivity contribution in [2.45, 2.75) is 0 Å². The second-order valence-electron chi connectivity index (χ2n) is 5.21. The number of imide groups is 1. The van der Waals surface area contributed by atoms with E-state index in [2.05, 4.69) is 5.32 Å². The van der Waals surface area contributed by atoms with Crippen molar-refractivity contribution in [3.8, 4) is 0 Å². The second-order valence-corrected chi connectivity index (χ2v) is 5.62. The summed E-state index contributed by atoms with van der Waals surface area (Å²) in [7, 11) is 0. The molecule has 1 N–H and O–H groups in total. The molecule has 0 aromatic heterocycles. The minimum absolute atomic E-state index is 0.0663. The van der Waals surface area contributed by atoms with Gasteiger partial charge in [0.1, 0.15) is 11.6 Å². The molecule has 1 aliphatic rings. The minimum Gasteiger partial charge on any atom is -0.324 e. The number of hydrogen-bond donors (Lipinski definition) is 1. The summed E-state index contributed by atoms with van der Waals surface area (Å²) in [5, 5.41) is 13.2. The fraction of sp³-hybridized carbons (Fsp3) is 0.0625. The zero-order valence-corrected chi connectivity index (χ0v) is 13.3. The van der Waals surface area contributed by atoms with Gasteiger partial charge in [0.15, 0.2) is 0 Å². The van der Waals surface area contributed by atoms with Gasteiger partial charge in [-0.2, -0.15) is 0 Å². The van der Waals surface area contributed by atoms with Gasteiger partial charge >= 0.3 is 0 Å². The second kappa shape index (κ2) is 6.33. The monoisotopic (exact) mass is 359 g/mol. The van der Waals surface area contributed by atoms with Gasteiger partial charge in [-0.25, -0.2) is 0 Å². The molecule has 0 atom stereocenters. The average Bonchev–Trinajstić information content (AvgIpc) is 2.82. The smallest absolute Gasteiger partial charge is 0.289 e. The topological polar surface area (TPSA) is 110 Å². The lowest BCUT2D eigenvalue weighted by Gasteiger charge is -2.13. The lowest BCUT2D eigenvalue weighted by atomic mass is 10.1. The lowest BCUT2D eigenvalue weighted by molar-refractivity contribution is -0.384. The van der Waals surface area contributed by atoms with E-state index in [1.807, 2.05) is 0 Å². The summed E-state index contributed by atoms with van der Waals surface area (Å²) in [4.78, 5) is 47.5. The van der Waals surface area contributed by atoms with Gasteiger partial charge in [-0.3, -0.25) is 29.4 Å². The molecule has 3 rings (SSSR count). The number of carbonyl (C=O) groups is 3. The van der Waals surface area contributed by atoms with E-state index in [4.69, 9.17) is 11.6 Å². The van der Waals surface area contributed by atoms with Gasteiger partial charge in [-0.1, -0.05) is 23.7 Å². The Morgan fingerprint density at radius 1 is 1.12 bits per heavy atom. The van der Waals surface area contributed by atoms with Crippen LogP contribution in [0.4, 0.5) is 11.4 Å². The van der Waals surface area contributed by atoms with Crippen molar-refractivity contribution < 1.29 is 19.3 Å². The summed E-state index contributed by atoms with van der Waals surface area (Å²) in [6.45, 7) is -0.497. The molecule has 0 radical (unpaired) electrons. The molecule has 0 saturated heterocycles. The van der Waals surface area contributed by atoms with Crippen LogP contribution in [0, 0.1) is 10.1 Å². The van der Waals surface area contributed by atoms with E-state index in [1.54, 1.807) is 12.1 Å². The molecule has 1 aliphatic heterocycles. The summed E-state index contributed by atoms with van der Waals surface area (Å²) in [6, 6.07) is 10.0. The molecule has 0 aliphatic carbocycles. The highest BCUT2D eigenvalue weighted by atomic mass is 35.5. The quantitative estimate of drug-likeness (QED) is 0.512. The Kier molecular flexibility index (Phi) is 4.20. The van der Waals surface area contributed by atoms with Crippen molar-refractivity contribution in [3.05, 3.63) is 68.7 Å². The number of amides is 3. The molecule has 25 heavy (non-hydrogen) atoms. The van der Waals surface area contributed by atoms with Crippen LogP contribution < -0.4 is 5.32 Å². The van der Waals surface area contributed by atoms with Crippen LogP contribution in [-0.2, 0) is 4.79 Å². The number of nitro groups is 1. The first kappa shape index (κ1) is 16.6. The van der Waals surface area contributed by atoms with Gasteiger partial charge in [-0.05, 0) is 24.3 Å². The lowest BCUT2D eigenvalue weighted by Crippen LogP contribution is -2.37. The van der Waals surface area contributed by atoms with Gasteiger partial charge < -0.3 is 5.32 Å². The molecule has 0 unspecified atom stereocenters. The Labute approximate surface area is 146 Å². The summed E-state index contributed by atoms with van der Waals surface area (Å²) in [6.07, 6.45) is 0. The van der Waals surface area contributed by atoms with Gasteiger partial charge in [0.05, 0.1) is 16.1 Å². The predicted octanol–water partition coefficient (Wildman–Crippen LogP) is 2.48. The zero-order valence-electron chi connectivity index (χ0n) is 12.6. The Hall–Kier alpha value is -3.26. The minimum atomic E-state index is -0.678. The van der Waals surface area contributed by atoms with Crippen molar-refractivity contribution in [2.24, 2.45) is 0 Å². The van der Waals surface area contributed by atoms with Crippen LogP contribution in [-0.4, -0.2) is 34.1 Å². The van der Waals surface area contributed by atoms with Crippen LogP contribution in [0.3, 0.4) is 0 Å². The summed E-state index contributed by atoms with van der Waals surface area (Å²) in [5.74, 6) is -1.78. The van der Waals surface area contributed by atoms with Crippen LogP contribution in [0.25, 0.3) is 0 Å². The molecular formula is C16H10ClN3O5. The Balaban J connectivity index is 1.74. The Bertz CT molecular complexity index is 893. The van der Waals surface area contributed by atoms with Crippen molar-refractivity contribution >= 4 is 40.7 Å². The van der Waals surface area contributed by atoms with Crippen molar-refractivity contribution in [1.82, 2.24) is 4.90 Å². The third kappa shape index (κ3) is 3.07. The first-order valence-electron chi connectivity index (χ1n) is 7.07. The maximum Gasteiger partial charge on any atom is 0.289 e. The van der Waals surface area contributed by atoms with Gasteiger partial charge in [0.25, 0.3) is 17.5 Å². The predicted molar refractivity (Wildman–Crippen MR) is 88.5 cm³/mol. The molecule has 0 bridgehead atoms. The third-order valence-electron chi connectivity index (χ3n) is 3.61. The first-order chi connectivity index (χ1) is 11.9. The number of fused-ring (bicyclic) bond motifs is 1. The standard InChI is InChI=1S/C16H10ClN3O5/c17-12-6-5-9(7-13(12)20(24)25)18-14(21)8-19-15(22)10-3-1-2-4-11(10)16(19)23/h1-7H,8H2,(H,18,21). The van der Waals surface area contributed by atoms with E-state index >= 15 is 0 Å². The number of rotatable bonds is 4. The highest BCUT2D eigenvalue weighted by molar-refractivity contribution is 6.32. The number of nitro benzene ring substituents is 1. The molecule has 0 spiro atoms. The molecule has 2 aromatic carbocycles. The SMILES string of the molecule is O=C(CN1C(=O)c2ccccc2C1=O)Nc1ccc(Cl)c([N+](=O)[O-])c1. The van der Waals surface area contributed by atoms with Crippen molar-refractivity contribution in [2.75, 3.05) is 11.9 Å². The van der Waals surface area contributed by atoms with Crippen molar-refractivity contribution in [3.63, 3.8) is 0 Å². The van der Waals surface area contributed by atoms with Gasteiger partial charge in [-0.15, -0.1) is 0 Å². The fourth-order valence-corrected chi connectivity index (χ4v) is 2.64. The molecule has 0 fully saturated rings. The Morgan fingerprint density at radius 2 is 1.72 bits per heavy atom. The molecule has 126 valence electrons. The highest BCUT2D eigenvalue weighted by Crippen LogP contribution is 2.27. The van der Waals surface area contributed by atoms with Crippen LogP contribution in [0.5, 0.6) is 0 Å². The molecule has 2 aromatic rings. The highest BCUT2D eigenvalue weighted by Gasteiger charge is 2.36. The summed E-state index contributed by atoms with van der Waals surface area (Å²) >= 11 is 5.70. The number of nitrogens with zero attached hydrogens (tertiary/aromatic N) is 2. The van der Waals surface area contributed by atoms with Crippen LogP contribution in [0.2, 0.25) is 5.02 Å². The van der Waals surface area contributed by atoms with Crippen LogP contribution >= 0.6 is 11.6 Å². The summed E-state index contributed by atoms with van der Waals surface area (Å²) < 4.78 is 0. The average molecular weight is 360 g/mol. The van der Waals surface area contributed by atoms with E-state index in [9.17, 15) is 24.5 Å². The zero-order chi connectivity index (χ0) is 18.1. The molecule has 3 amide bonds. The Morgan fingerprint density at radius 3 is 2.28 bits per heavy atom. The maximum absolute atomic E-state index is 12.2. The number of anilines is 1. The maximum atomic E-state index is 12.2. The van der Waals surface area contributed by atoms with E-state index in [1.165, 1.54) is 24.3 Å². The normalized spacial score (nSPS) is 12.9. The largest absolute Gasteiger partial charge is 0.324 e. The molecule has 1 heterocycles. The number of nitrogens with one attached hydrogen (secondary N) is 1. The molecule has 9 heteroatoms. The van der Waals surface area contributed by atoms with Gasteiger partial charge in [0, 0.05) is 11.8 Å². The van der Waals surface area contributed by atoms with E-state index in [0.717, 1.165) is 11.0 Å². The van der Waals surface area contributed by atoms with Crippen molar-refractivity contribution in [1.29, 1.82) is 0 Å².